The molecule has 1 aliphatic carbocycles. The van der Waals surface area contributed by atoms with Gasteiger partial charge in [0.2, 0.25) is 0 Å². The maximum atomic E-state index is 12.5. The zero-order valence-electron chi connectivity index (χ0n) is 19.9. The first-order valence-corrected chi connectivity index (χ1v) is 11.9. The Hall–Kier alpha value is -3.88. The molecule has 1 aliphatic rings. The molecule has 1 atom stereocenters. The molecule has 1 saturated carbocycles. The van der Waals surface area contributed by atoms with E-state index >= 15 is 0 Å². The van der Waals surface area contributed by atoms with Crippen LogP contribution in [-0.4, -0.2) is 34.8 Å². The smallest absolute Gasteiger partial charge is 0.316 e. The van der Waals surface area contributed by atoms with Gasteiger partial charge < -0.3 is 24.5 Å². The lowest BCUT2D eigenvalue weighted by Gasteiger charge is -2.27. The van der Waals surface area contributed by atoms with Gasteiger partial charge in [0.05, 0.1) is 24.7 Å². The SMILES string of the molecule is CCOC(=O)C1CCC(Oc2ccc(NC(=O)c3nnc(N[C@H](C)c4ccccc4)o3)cc2)CC1. The number of amides is 1. The third-order valence-electron chi connectivity index (χ3n) is 5.97. The average molecular weight is 479 g/mol. The molecule has 2 N–H and O–H groups in total. The van der Waals surface area contributed by atoms with Crippen molar-refractivity contribution in [3.05, 3.63) is 66.1 Å². The Morgan fingerprint density at radius 1 is 1.03 bits per heavy atom. The largest absolute Gasteiger partial charge is 0.490 e. The first-order chi connectivity index (χ1) is 17.0. The van der Waals surface area contributed by atoms with Crippen molar-refractivity contribution in [3.63, 3.8) is 0 Å². The molecule has 4 rings (SSSR count). The minimum atomic E-state index is -0.496. The molecule has 0 saturated heterocycles. The van der Waals surface area contributed by atoms with Crippen molar-refractivity contribution in [2.45, 2.75) is 51.7 Å². The van der Waals surface area contributed by atoms with E-state index in [0.717, 1.165) is 31.2 Å². The van der Waals surface area contributed by atoms with E-state index in [9.17, 15) is 9.59 Å². The lowest BCUT2D eigenvalue weighted by molar-refractivity contribution is -0.149. The zero-order valence-corrected chi connectivity index (χ0v) is 19.9. The van der Waals surface area contributed by atoms with Crippen LogP contribution in [0.5, 0.6) is 5.75 Å². The summed E-state index contributed by atoms with van der Waals surface area (Å²) in [7, 11) is 0. The highest BCUT2D eigenvalue weighted by atomic mass is 16.5. The van der Waals surface area contributed by atoms with Gasteiger partial charge in [-0.2, -0.15) is 0 Å². The summed E-state index contributed by atoms with van der Waals surface area (Å²) in [6.07, 6.45) is 3.20. The fraction of sp³-hybridized carbons (Fsp3) is 0.385. The number of rotatable bonds is 9. The Bertz CT molecular complexity index is 1110. The minimum Gasteiger partial charge on any atom is -0.490 e. The van der Waals surface area contributed by atoms with Crippen molar-refractivity contribution in [3.8, 4) is 5.75 Å². The maximum Gasteiger partial charge on any atom is 0.316 e. The quantitative estimate of drug-likeness (QED) is 0.413. The summed E-state index contributed by atoms with van der Waals surface area (Å²) < 4.78 is 16.6. The first kappa shape index (κ1) is 24.3. The van der Waals surface area contributed by atoms with E-state index in [4.69, 9.17) is 13.9 Å². The summed E-state index contributed by atoms with van der Waals surface area (Å²) in [4.78, 5) is 24.4. The molecule has 0 spiro atoms. The van der Waals surface area contributed by atoms with Crippen molar-refractivity contribution in [1.82, 2.24) is 10.2 Å². The summed E-state index contributed by atoms with van der Waals surface area (Å²) >= 11 is 0. The second-order valence-electron chi connectivity index (χ2n) is 8.51. The topological polar surface area (TPSA) is 116 Å². The predicted molar refractivity (Wildman–Crippen MR) is 130 cm³/mol. The second kappa shape index (κ2) is 11.5. The number of ether oxygens (including phenoxy) is 2. The molecule has 1 aromatic heterocycles. The van der Waals surface area contributed by atoms with E-state index in [1.807, 2.05) is 44.2 Å². The summed E-state index contributed by atoms with van der Waals surface area (Å²) in [5.41, 5.74) is 1.64. The van der Waals surface area contributed by atoms with Gasteiger partial charge in [-0.1, -0.05) is 35.4 Å². The molecule has 0 radical (unpaired) electrons. The second-order valence-corrected chi connectivity index (χ2v) is 8.51. The van der Waals surface area contributed by atoms with Gasteiger partial charge in [0.25, 0.3) is 0 Å². The van der Waals surface area contributed by atoms with E-state index in [-0.39, 0.29) is 35.9 Å². The number of carbonyl (C=O) groups excluding carboxylic acids is 2. The number of hydrogen-bond donors (Lipinski definition) is 2. The highest BCUT2D eigenvalue weighted by molar-refractivity contribution is 6.00. The van der Waals surface area contributed by atoms with E-state index in [1.165, 1.54) is 0 Å². The summed E-state index contributed by atoms with van der Waals surface area (Å²) in [6.45, 7) is 4.20. The fourth-order valence-electron chi connectivity index (χ4n) is 4.05. The normalized spacial score (nSPS) is 18.3. The van der Waals surface area contributed by atoms with Crippen LogP contribution in [0, 0.1) is 5.92 Å². The number of benzene rings is 2. The number of nitrogens with zero attached hydrogens (tertiary/aromatic N) is 2. The van der Waals surface area contributed by atoms with Crippen molar-refractivity contribution in [2.24, 2.45) is 5.92 Å². The Morgan fingerprint density at radius 3 is 2.43 bits per heavy atom. The predicted octanol–water partition coefficient (Wildman–Crippen LogP) is 5.00. The molecule has 9 nitrogen and oxygen atoms in total. The van der Waals surface area contributed by atoms with Gasteiger partial charge in [-0.25, -0.2) is 0 Å². The van der Waals surface area contributed by atoms with E-state index in [0.29, 0.717) is 18.0 Å². The molecule has 184 valence electrons. The number of hydrogen-bond acceptors (Lipinski definition) is 8. The van der Waals surface area contributed by atoms with Crippen LogP contribution in [0.2, 0.25) is 0 Å². The molecular formula is C26H30N4O5. The van der Waals surface area contributed by atoms with Crippen LogP contribution >= 0.6 is 0 Å². The highest BCUT2D eigenvalue weighted by Crippen LogP contribution is 2.29. The van der Waals surface area contributed by atoms with Crippen molar-refractivity contribution < 1.29 is 23.5 Å². The van der Waals surface area contributed by atoms with E-state index < -0.39 is 5.91 Å². The van der Waals surface area contributed by atoms with Gasteiger partial charge in [0.1, 0.15) is 5.75 Å². The average Bonchev–Trinajstić information content (AvgIpc) is 3.35. The van der Waals surface area contributed by atoms with Crippen LogP contribution in [0.3, 0.4) is 0 Å². The molecule has 0 bridgehead atoms. The summed E-state index contributed by atoms with van der Waals surface area (Å²) in [5, 5.41) is 13.6. The highest BCUT2D eigenvalue weighted by Gasteiger charge is 2.28. The van der Waals surface area contributed by atoms with Crippen LogP contribution in [0.4, 0.5) is 11.7 Å². The monoisotopic (exact) mass is 478 g/mol. The molecule has 0 aliphatic heterocycles. The Kier molecular flexibility index (Phi) is 7.97. The molecule has 1 heterocycles. The number of anilines is 2. The lowest BCUT2D eigenvalue weighted by Crippen LogP contribution is -2.29. The van der Waals surface area contributed by atoms with Crippen LogP contribution in [0.15, 0.2) is 59.0 Å². The number of esters is 1. The summed E-state index contributed by atoms with van der Waals surface area (Å²) in [5.74, 6) is -0.0627. The lowest BCUT2D eigenvalue weighted by atomic mass is 9.87. The van der Waals surface area contributed by atoms with Gasteiger partial charge in [-0.3, -0.25) is 9.59 Å². The van der Waals surface area contributed by atoms with Crippen LogP contribution in [-0.2, 0) is 9.53 Å². The standard InChI is InChI=1S/C26H30N4O5/c1-3-33-25(32)19-9-13-21(14-10-19)34-22-15-11-20(12-16-22)28-23(31)24-29-30-26(35-24)27-17(2)18-7-5-4-6-8-18/h4-8,11-12,15-17,19,21H,3,9-10,13-14H2,1-2H3,(H,27,30)(H,28,31)/t17-,19?,21?/m1/s1. The third kappa shape index (κ3) is 6.59. The molecule has 9 heteroatoms. The molecule has 1 fully saturated rings. The Morgan fingerprint density at radius 2 is 1.74 bits per heavy atom. The molecule has 1 amide bonds. The first-order valence-electron chi connectivity index (χ1n) is 11.9. The number of nitrogens with one attached hydrogen (secondary N) is 2. The third-order valence-corrected chi connectivity index (χ3v) is 5.97. The molecule has 35 heavy (non-hydrogen) atoms. The number of aromatic nitrogens is 2. The van der Waals surface area contributed by atoms with Crippen LogP contribution in [0.25, 0.3) is 0 Å². The van der Waals surface area contributed by atoms with E-state index in [1.54, 1.807) is 24.3 Å². The van der Waals surface area contributed by atoms with Gasteiger partial charge in [0, 0.05) is 5.69 Å². The van der Waals surface area contributed by atoms with Crippen molar-refractivity contribution in [2.75, 3.05) is 17.2 Å². The molecule has 0 unspecified atom stereocenters. The molecule has 3 aromatic rings. The van der Waals surface area contributed by atoms with E-state index in [2.05, 4.69) is 20.8 Å². The number of carbonyl (C=O) groups is 2. The van der Waals surface area contributed by atoms with Gasteiger partial charge in [0.15, 0.2) is 0 Å². The van der Waals surface area contributed by atoms with Crippen LogP contribution < -0.4 is 15.4 Å². The van der Waals surface area contributed by atoms with Gasteiger partial charge in [-0.05, 0) is 69.4 Å². The molecular weight excluding hydrogens is 448 g/mol. The van der Waals surface area contributed by atoms with Crippen LogP contribution in [0.1, 0.15) is 61.8 Å². The van der Waals surface area contributed by atoms with Crippen molar-refractivity contribution >= 4 is 23.6 Å². The molecule has 2 aromatic carbocycles. The Labute approximate surface area is 204 Å². The zero-order chi connectivity index (χ0) is 24.6. The fourth-order valence-corrected chi connectivity index (χ4v) is 4.05. The summed E-state index contributed by atoms with van der Waals surface area (Å²) in [6, 6.07) is 17.1. The van der Waals surface area contributed by atoms with Crippen molar-refractivity contribution in [1.29, 1.82) is 0 Å². The van der Waals surface area contributed by atoms with Gasteiger partial charge >= 0.3 is 23.8 Å². The Balaban J connectivity index is 1.25. The maximum absolute atomic E-state index is 12.5. The minimum absolute atomic E-state index is 0.0330. The van der Waals surface area contributed by atoms with Gasteiger partial charge in [-0.15, -0.1) is 5.10 Å².